The highest BCUT2D eigenvalue weighted by Gasteiger charge is 2.42. The van der Waals surface area contributed by atoms with Crippen LogP contribution in [0.25, 0.3) is 0 Å². The molecule has 1 heterocycles. The average Bonchev–Trinajstić information content (AvgIpc) is 2.64. The molecule has 0 spiro atoms. The van der Waals surface area contributed by atoms with Gasteiger partial charge in [-0.25, -0.2) is 31.1 Å². The van der Waals surface area contributed by atoms with Crippen LogP contribution >= 0.6 is 0 Å². The van der Waals surface area contributed by atoms with Crippen molar-refractivity contribution in [3.05, 3.63) is 70.3 Å². The highest BCUT2D eigenvalue weighted by atomic mass is 19.2. The molecule has 11 heteroatoms. The lowest BCUT2D eigenvalue weighted by atomic mass is 9.89. The summed E-state index contributed by atoms with van der Waals surface area (Å²) in [6.45, 7) is 0. The van der Waals surface area contributed by atoms with Gasteiger partial charge in [0.25, 0.3) is 0 Å². The Balaban J connectivity index is 2.07. The van der Waals surface area contributed by atoms with E-state index in [0.29, 0.717) is 12.1 Å². The van der Waals surface area contributed by atoms with Gasteiger partial charge in [-0.2, -0.15) is 0 Å². The van der Waals surface area contributed by atoms with E-state index < -0.39 is 82.6 Å². The predicted molar refractivity (Wildman–Crippen MR) is 83.8 cm³/mol. The van der Waals surface area contributed by atoms with Crippen molar-refractivity contribution in [1.82, 2.24) is 5.32 Å². The number of hydrogen-bond donors (Lipinski definition) is 2. The fraction of sp³-hybridized carbons (Fsp3) is 0.222. The van der Waals surface area contributed by atoms with Crippen LogP contribution in [0.1, 0.15) is 29.8 Å². The van der Waals surface area contributed by atoms with Crippen LogP contribution in [0.2, 0.25) is 0 Å². The van der Waals surface area contributed by atoms with Gasteiger partial charge in [0.15, 0.2) is 34.9 Å². The van der Waals surface area contributed by atoms with E-state index in [1.807, 2.05) is 5.32 Å². The number of ketones is 1. The Morgan fingerprint density at radius 3 is 2.24 bits per heavy atom. The molecular weight excluding hydrogens is 408 g/mol. The first kappa shape index (κ1) is 20.6. The van der Waals surface area contributed by atoms with Crippen LogP contribution in [0.4, 0.5) is 31.1 Å². The Morgan fingerprint density at radius 1 is 0.931 bits per heavy atom. The minimum atomic E-state index is -1.87. The van der Waals surface area contributed by atoms with E-state index in [9.17, 15) is 35.9 Å². The number of ether oxygens (including phenoxy) is 1. The van der Waals surface area contributed by atoms with Crippen LogP contribution in [0.3, 0.4) is 0 Å². The molecule has 3 rings (SSSR count). The van der Waals surface area contributed by atoms with Gasteiger partial charge >= 0.3 is 6.09 Å². The smallest absolute Gasteiger partial charge is 0.404 e. The van der Waals surface area contributed by atoms with E-state index in [4.69, 9.17) is 9.84 Å². The molecule has 1 aliphatic rings. The second kappa shape index (κ2) is 7.74. The van der Waals surface area contributed by atoms with Crippen LogP contribution in [-0.2, 0) is 9.53 Å². The van der Waals surface area contributed by atoms with Gasteiger partial charge in [-0.3, -0.25) is 4.79 Å². The molecule has 1 saturated heterocycles. The largest absolute Gasteiger partial charge is 0.465 e. The number of rotatable bonds is 3. The lowest BCUT2D eigenvalue weighted by Crippen LogP contribution is -2.46. The normalized spacial score (nSPS) is 21.9. The number of carbonyl (C=O) groups is 2. The molecule has 1 unspecified atom stereocenters. The maximum atomic E-state index is 14.2. The molecule has 154 valence electrons. The van der Waals surface area contributed by atoms with E-state index in [1.165, 1.54) is 0 Å². The molecule has 1 aliphatic heterocycles. The molecule has 29 heavy (non-hydrogen) atoms. The summed E-state index contributed by atoms with van der Waals surface area (Å²) in [4.78, 5) is 23.3. The number of Topliss-reactive ketones (excluding diaryl/α,β-unsaturated/α-hetero) is 1. The summed E-state index contributed by atoms with van der Waals surface area (Å²) in [5, 5.41) is 10.8. The first-order valence-corrected chi connectivity index (χ1v) is 8.05. The van der Waals surface area contributed by atoms with Crippen LogP contribution in [-0.4, -0.2) is 23.0 Å². The lowest BCUT2D eigenvalue weighted by molar-refractivity contribution is -0.147. The number of carbonyl (C=O) groups excluding carboxylic acids is 1. The summed E-state index contributed by atoms with van der Waals surface area (Å²) < 4.78 is 87.2. The van der Waals surface area contributed by atoms with Crippen molar-refractivity contribution in [3.8, 4) is 0 Å². The SMILES string of the molecule is O=C(O)N[C@H]1CC(=O)C(c2ccc(F)c(F)c2F)O[C@@H]1c1cc(F)c(F)cc1F. The molecule has 2 aromatic rings. The van der Waals surface area contributed by atoms with Gasteiger partial charge in [0.05, 0.1) is 6.04 Å². The first-order valence-electron chi connectivity index (χ1n) is 8.05. The zero-order valence-electron chi connectivity index (χ0n) is 14.2. The summed E-state index contributed by atoms with van der Waals surface area (Å²) in [5.41, 5.74) is -1.36. The summed E-state index contributed by atoms with van der Waals surface area (Å²) in [5.74, 6) is -10.4. The Kier molecular flexibility index (Phi) is 5.51. The fourth-order valence-corrected chi connectivity index (χ4v) is 3.07. The Morgan fingerprint density at radius 2 is 1.59 bits per heavy atom. The Labute approximate surface area is 158 Å². The number of carboxylic acid groups (broad SMARTS) is 1. The molecule has 0 bridgehead atoms. The number of hydrogen-bond acceptors (Lipinski definition) is 3. The average molecular weight is 419 g/mol. The van der Waals surface area contributed by atoms with Gasteiger partial charge in [0.1, 0.15) is 18.0 Å². The van der Waals surface area contributed by atoms with Crippen LogP contribution in [0.5, 0.6) is 0 Å². The lowest BCUT2D eigenvalue weighted by Gasteiger charge is -2.36. The van der Waals surface area contributed by atoms with Crippen molar-refractivity contribution in [2.75, 3.05) is 0 Å². The molecule has 0 radical (unpaired) electrons. The van der Waals surface area contributed by atoms with E-state index in [-0.39, 0.29) is 6.07 Å². The number of benzene rings is 2. The zero-order valence-corrected chi connectivity index (χ0v) is 14.2. The monoisotopic (exact) mass is 419 g/mol. The van der Waals surface area contributed by atoms with E-state index in [0.717, 1.165) is 6.07 Å². The molecule has 5 nitrogen and oxygen atoms in total. The highest BCUT2D eigenvalue weighted by Crippen LogP contribution is 2.39. The second-order valence-corrected chi connectivity index (χ2v) is 6.22. The number of amides is 1. The van der Waals surface area contributed by atoms with Gasteiger partial charge < -0.3 is 15.2 Å². The standard InChI is InChI=1S/C18H11F6NO4/c19-8-2-1-6(14(23)15(8)24)17-13(26)5-12(25-18(27)28)16(29-17)7-3-10(21)11(22)4-9(7)20/h1-4,12,16-17,25H,5H2,(H,27,28)/t12-,16+,17?/m0/s1. The minimum Gasteiger partial charge on any atom is -0.465 e. The highest BCUT2D eigenvalue weighted by molar-refractivity contribution is 5.86. The van der Waals surface area contributed by atoms with Crippen LogP contribution in [0.15, 0.2) is 24.3 Å². The third-order valence-electron chi connectivity index (χ3n) is 4.36. The molecule has 1 fully saturated rings. The predicted octanol–water partition coefficient (Wildman–Crippen LogP) is 3.93. The van der Waals surface area contributed by atoms with E-state index >= 15 is 0 Å². The van der Waals surface area contributed by atoms with E-state index in [2.05, 4.69) is 0 Å². The van der Waals surface area contributed by atoms with Crippen molar-refractivity contribution in [1.29, 1.82) is 0 Å². The second-order valence-electron chi connectivity index (χ2n) is 6.22. The molecule has 0 saturated carbocycles. The molecule has 1 amide bonds. The van der Waals surface area contributed by atoms with Gasteiger partial charge in [-0.15, -0.1) is 0 Å². The summed E-state index contributed by atoms with van der Waals surface area (Å²) >= 11 is 0. The zero-order chi connectivity index (χ0) is 21.5. The number of halogens is 6. The fourth-order valence-electron chi connectivity index (χ4n) is 3.07. The van der Waals surface area contributed by atoms with Crippen molar-refractivity contribution in [3.63, 3.8) is 0 Å². The third-order valence-corrected chi connectivity index (χ3v) is 4.36. The van der Waals surface area contributed by atoms with Crippen molar-refractivity contribution in [2.45, 2.75) is 24.7 Å². The quantitative estimate of drug-likeness (QED) is 0.449. The maximum absolute atomic E-state index is 14.2. The van der Waals surface area contributed by atoms with Crippen molar-refractivity contribution < 1.29 is 45.8 Å². The van der Waals surface area contributed by atoms with E-state index in [1.54, 1.807) is 0 Å². The van der Waals surface area contributed by atoms with Crippen molar-refractivity contribution in [2.24, 2.45) is 0 Å². The molecule has 2 aromatic carbocycles. The van der Waals surface area contributed by atoms with Crippen molar-refractivity contribution >= 4 is 11.9 Å². The Bertz CT molecular complexity index is 999. The first-order chi connectivity index (χ1) is 13.6. The summed E-state index contributed by atoms with van der Waals surface area (Å²) in [6.07, 6.45) is -5.86. The van der Waals surface area contributed by atoms with Crippen LogP contribution in [0, 0.1) is 34.9 Å². The molecule has 0 aromatic heterocycles. The molecule has 0 aliphatic carbocycles. The van der Waals surface area contributed by atoms with Crippen LogP contribution < -0.4 is 5.32 Å². The molecular formula is C18H11F6NO4. The third kappa shape index (κ3) is 3.90. The molecule has 2 N–H and O–H groups in total. The van der Waals surface area contributed by atoms with Gasteiger partial charge in [-0.1, -0.05) is 0 Å². The van der Waals surface area contributed by atoms with Gasteiger partial charge in [0, 0.05) is 23.6 Å². The summed E-state index contributed by atoms with van der Waals surface area (Å²) in [6, 6.07) is 0.429. The minimum absolute atomic E-state index is 0.190. The van der Waals surface area contributed by atoms with Gasteiger partial charge in [0.2, 0.25) is 0 Å². The molecule has 3 atom stereocenters. The summed E-state index contributed by atoms with van der Waals surface area (Å²) in [7, 11) is 0. The maximum Gasteiger partial charge on any atom is 0.404 e. The topological polar surface area (TPSA) is 75.6 Å². The number of nitrogens with one attached hydrogen (secondary N) is 1. The Hall–Kier alpha value is -3.08. The van der Waals surface area contributed by atoms with Gasteiger partial charge in [-0.05, 0) is 18.2 Å².